The number of carbonyl (C=O) groups excluding carboxylic acids is 1. The second-order valence-corrected chi connectivity index (χ2v) is 8.33. The first-order valence-electron chi connectivity index (χ1n) is 10.1. The summed E-state index contributed by atoms with van der Waals surface area (Å²) in [5.74, 6) is 1.46. The second kappa shape index (κ2) is 9.82. The number of hydrogen-bond acceptors (Lipinski definition) is 6. The molecule has 2 aromatic carbocycles. The van der Waals surface area contributed by atoms with Crippen LogP contribution in [0.25, 0.3) is 0 Å². The molecule has 3 rings (SSSR count). The minimum absolute atomic E-state index is 0.239. The fourth-order valence-electron chi connectivity index (χ4n) is 3.17. The molecule has 2 aromatic rings. The van der Waals surface area contributed by atoms with Gasteiger partial charge in [-0.25, -0.2) is 4.79 Å². The summed E-state index contributed by atoms with van der Waals surface area (Å²) in [7, 11) is 0. The van der Waals surface area contributed by atoms with Gasteiger partial charge in [-0.15, -0.1) is 0 Å². The van der Waals surface area contributed by atoms with Gasteiger partial charge >= 0.3 is 6.09 Å². The minimum atomic E-state index is -0.799. The van der Waals surface area contributed by atoms with Gasteiger partial charge in [-0.2, -0.15) is 0 Å². The summed E-state index contributed by atoms with van der Waals surface area (Å²) in [6.07, 6.45) is -0.850. The summed E-state index contributed by atoms with van der Waals surface area (Å²) in [5.41, 5.74) is 1.43. The molecule has 1 aliphatic heterocycles. The van der Waals surface area contributed by atoms with E-state index >= 15 is 0 Å². The summed E-state index contributed by atoms with van der Waals surface area (Å²) < 4.78 is 16.1. The summed E-state index contributed by atoms with van der Waals surface area (Å²) in [5, 5.41) is 16.8. The van der Waals surface area contributed by atoms with Gasteiger partial charge in [0.1, 0.15) is 5.60 Å². The molecule has 2 atom stereocenters. The molecule has 3 N–H and O–H groups in total. The number of carbonyl (C=O) groups is 1. The van der Waals surface area contributed by atoms with E-state index in [9.17, 15) is 9.90 Å². The third-order valence-corrected chi connectivity index (χ3v) is 4.58. The molecule has 7 heteroatoms. The van der Waals surface area contributed by atoms with Crippen molar-refractivity contribution in [3.8, 4) is 11.5 Å². The molecular weight excluding hydrogens is 384 g/mol. The standard InChI is InChI=1S/C23H30N2O5/c1-23(2,3)30-22(27)25-18(11-16-7-5-4-6-8-16)19(26)14-24-13-17-9-10-20-21(12-17)29-15-28-20/h4-10,12,18-19,24,26H,11,13-15H2,1-3H3,(H,25,27)/t18-,19+/m0/s1. The van der Waals surface area contributed by atoms with Gasteiger partial charge in [-0.3, -0.25) is 0 Å². The van der Waals surface area contributed by atoms with Crippen LogP contribution in [0.2, 0.25) is 0 Å². The highest BCUT2D eigenvalue weighted by Gasteiger charge is 2.25. The van der Waals surface area contributed by atoms with Crippen molar-refractivity contribution in [1.82, 2.24) is 10.6 Å². The van der Waals surface area contributed by atoms with Crippen molar-refractivity contribution >= 4 is 6.09 Å². The number of nitrogens with one attached hydrogen (secondary N) is 2. The molecule has 0 saturated heterocycles. The van der Waals surface area contributed by atoms with Gasteiger partial charge in [0, 0.05) is 13.1 Å². The van der Waals surface area contributed by atoms with Crippen LogP contribution in [-0.2, 0) is 17.7 Å². The van der Waals surface area contributed by atoms with Crippen molar-refractivity contribution in [2.45, 2.75) is 51.5 Å². The number of hydrogen-bond donors (Lipinski definition) is 3. The molecule has 0 radical (unpaired) electrons. The zero-order valence-corrected chi connectivity index (χ0v) is 17.7. The molecule has 0 unspecified atom stereocenters. The molecular formula is C23H30N2O5. The van der Waals surface area contributed by atoms with Crippen LogP contribution in [0.4, 0.5) is 4.79 Å². The highest BCUT2D eigenvalue weighted by atomic mass is 16.7. The molecule has 0 saturated carbocycles. The van der Waals surface area contributed by atoms with E-state index in [4.69, 9.17) is 14.2 Å². The van der Waals surface area contributed by atoms with Crippen LogP contribution in [-0.4, -0.2) is 42.3 Å². The maximum atomic E-state index is 12.3. The average molecular weight is 415 g/mol. The largest absolute Gasteiger partial charge is 0.454 e. The summed E-state index contributed by atoms with van der Waals surface area (Å²) >= 11 is 0. The van der Waals surface area contributed by atoms with Gasteiger partial charge in [-0.05, 0) is 50.5 Å². The lowest BCUT2D eigenvalue weighted by Crippen LogP contribution is -2.49. The fraction of sp³-hybridized carbons (Fsp3) is 0.435. The van der Waals surface area contributed by atoms with Crippen molar-refractivity contribution < 1.29 is 24.1 Å². The number of benzene rings is 2. The van der Waals surface area contributed by atoms with Crippen LogP contribution in [0.1, 0.15) is 31.9 Å². The van der Waals surface area contributed by atoms with E-state index in [1.165, 1.54) is 0 Å². The lowest BCUT2D eigenvalue weighted by atomic mass is 10.0. The Morgan fingerprint density at radius 1 is 1.10 bits per heavy atom. The zero-order valence-electron chi connectivity index (χ0n) is 17.7. The minimum Gasteiger partial charge on any atom is -0.454 e. The van der Waals surface area contributed by atoms with E-state index in [2.05, 4.69) is 10.6 Å². The van der Waals surface area contributed by atoms with E-state index in [1.807, 2.05) is 69.3 Å². The first-order valence-corrected chi connectivity index (χ1v) is 10.1. The van der Waals surface area contributed by atoms with Crippen molar-refractivity contribution in [2.24, 2.45) is 0 Å². The normalized spacial score (nSPS) is 14.8. The maximum absolute atomic E-state index is 12.3. The van der Waals surface area contributed by atoms with Crippen LogP contribution < -0.4 is 20.1 Å². The van der Waals surface area contributed by atoms with E-state index in [0.29, 0.717) is 19.5 Å². The van der Waals surface area contributed by atoms with Crippen LogP contribution in [0.15, 0.2) is 48.5 Å². The summed E-state index contributed by atoms with van der Waals surface area (Å²) in [6.45, 7) is 6.52. The van der Waals surface area contributed by atoms with E-state index < -0.39 is 23.8 Å². The Kier molecular flexibility index (Phi) is 7.18. The lowest BCUT2D eigenvalue weighted by molar-refractivity contribution is 0.0422. The highest BCUT2D eigenvalue weighted by Crippen LogP contribution is 2.32. The number of ether oxygens (including phenoxy) is 3. The van der Waals surface area contributed by atoms with Crippen molar-refractivity contribution in [1.29, 1.82) is 0 Å². The summed E-state index contributed by atoms with van der Waals surface area (Å²) in [6, 6.07) is 15.0. The van der Waals surface area contributed by atoms with Crippen LogP contribution in [0, 0.1) is 0 Å². The van der Waals surface area contributed by atoms with E-state index in [1.54, 1.807) is 0 Å². The zero-order chi connectivity index (χ0) is 21.6. The molecule has 162 valence electrons. The van der Waals surface area contributed by atoms with E-state index in [0.717, 1.165) is 22.6 Å². The molecule has 1 aliphatic rings. The van der Waals surface area contributed by atoms with Crippen LogP contribution in [0.3, 0.4) is 0 Å². The van der Waals surface area contributed by atoms with Gasteiger partial charge in [0.25, 0.3) is 0 Å². The monoisotopic (exact) mass is 414 g/mol. The third-order valence-electron chi connectivity index (χ3n) is 4.58. The first kappa shape index (κ1) is 21.9. The molecule has 0 bridgehead atoms. The Balaban J connectivity index is 1.57. The van der Waals surface area contributed by atoms with Crippen molar-refractivity contribution in [2.75, 3.05) is 13.3 Å². The van der Waals surface area contributed by atoms with Gasteiger partial charge in [-0.1, -0.05) is 36.4 Å². The Labute approximate surface area is 177 Å². The number of aliphatic hydroxyl groups is 1. The Morgan fingerprint density at radius 2 is 1.83 bits per heavy atom. The smallest absolute Gasteiger partial charge is 0.407 e. The number of aliphatic hydroxyl groups excluding tert-OH is 1. The topological polar surface area (TPSA) is 89.1 Å². The lowest BCUT2D eigenvalue weighted by Gasteiger charge is -2.27. The number of alkyl carbamates (subject to hydrolysis) is 1. The molecule has 7 nitrogen and oxygen atoms in total. The van der Waals surface area contributed by atoms with E-state index in [-0.39, 0.29) is 6.79 Å². The average Bonchev–Trinajstić information content (AvgIpc) is 3.14. The fourth-order valence-corrected chi connectivity index (χ4v) is 3.17. The first-order chi connectivity index (χ1) is 14.3. The Hall–Kier alpha value is -2.77. The maximum Gasteiger partial charge on any atom is 0.407 e. The van der Waals surface area contributed by atoms with Gasteiger partial charge < -0.3 is 30.0 Å². The van der Waals surface area contributed by atoms with Crippen LogP contribution in [0.5, 0.6) is 11.5 Å². The number of amides is 1. The second-order valence-electron chi connectivity index (χ2n) is 8.33. The quantitative estimate of drug-likeness (QED) is 0.615. The highest BCUT2D eigenvalue weighted by molar-refractivity contribution is 5.68. The van der Waals surface area contributed by atoms with Crippen molar-refractivity contribution in [3.63, 3.8) is 0 Å². The van der Waals surface area contributed by atoms with Gasteiger partial charge in [0.05, 0.1) is 12.1 Å². The molecule has 1 amide bonds. The van der Waals surface area contributed by atoms with Crippen LogP contribution >= 0.6 is 0 Å². The van der Waals surface area contributed by atoms with Gasteiger partial charge in [0.2, 0.25) is 6.79 Å². The molecule has 30 heavy (non-hydrogen) atoms. The molecule has 1 heterocycles. The number of fused-ring (bicyclic) bond motifs is 1. The Bertz CT molecular complexity index is 835. The third kappa shape index (κ3) is 6.64. The molecule has 0 aliphatic carbocycles. The molecule has 0 aromatic heterocycles. The van der Waals surface area contributed by atoms with Gasteiger partial charge in [0.15, 0.2) is 11.5 Å². The predicted molar refractivity (Wildman–Crippen MR) is 114 cm³/mol. The van der Waals surface area contributed by atoms with Crippen molar-refractivity contribution in [3.05, 3.63) is 59.7 Å². The predicted octanol–water partition coefficient (Wildman–Crippen LogP) is 3.00. The molecule has 0 spiro atoms. The number of rotatable bonds is 8. The summed E-state index contributed by atoms with van der Waals surface area (Å²) in [4.78, 5) is 12.3. The Morgan fingerprint density at radius 3 is 2.57 bits per heavy atom. The molecule has 0 fully saturated rings. The SMILES string of the molecule is CC(C)(C)OC(=O)N[C@@H](Cc1ccccc1)[C@H](O)CNCc1ccc2c(c1)OCO2.